The Morgan fingerprint density at radius 1 is 1.23 bits per heavy atom. The summed E-state index contributed by atoms with van der Waals surface area (Å²) in [7, 11) is 0. The Hall–Kier alpha value is -3.36. The highest BCUT2D eigenvalue weighted by Gasteiger charge is 2.34. The van der Waals surface area contributed by atoms with Crippen LogP contribution in [0.4, 0.5) is 28.9 Å². The lowest BCUT2D eigenvalue weighted by Crippen LogP contribution is -2.37. The Balaban J connectivity index is 1.50. The van der Waals surface area contributed by atoms with Crippen LogP contribution < -0.4 is 5.32 Å². The van der Waals surface area contributed by atoms with Gasteiger partial charge in [0.2, 0.25) is 5.91 Å². The quantitative estimate of drug-likeness (QED) is 0.616. The summed E-state index contributed by atoms with van der Waals surface area (Å²) in [5.74, 6) is -1.33. The van der Waals surface area contributed by atoms with Crippen LogP contribution in [-0.4, -0.2) is 27.5 Å². The van der Waals surface area contributed by atoms with Gasteiger partial charge in [0, 0.05) is 30.7 Å². The third-order valence-electron chi connectivity index (χ3n) is 5.08. The molecule has 0 bridgehead atoms. The normalized spacial score (nSPS) is 13.8. The standard InChI is InChI=1S/C21H18F4N4O/c22-18-9-15(4-5-17(18)21(23,24)25)28-19-3-1-2-14-12-29(7-6-16(14)19)20(30)8-13-10-26-27-11-13/h1-5,9-11,28H,6-8,12H2,(H,26,27). The van der Waals surface area contributed by atoms with Crippen molar-refractivity contribution in [2.45, 2.75) is 25.6 Å². The molecular formula is C21H18F4N4O. The van der Waals surface area contributed by atoms with E-state index < -0.39 is 17.6 Å². The molecule has 2 aromatic carbocycles. The molecule has 0 spiro atoms. The van der Waals surface area contributed by atoms with E-state index in [1.807, 2.05) is 6.07 Å². The van der Waals surface area contributed by atoms with Crippen LogP contribution in [0.3, 0.4) is 0 Å². The average Bonchev–Trinajstić information content (AvgIpc) is 3.20. The third kappa shape index (κ3) is 4.14. The zero-order chi connectivity index (χ0) is 21.3. The molecule has 2 N–H and O–H groups in total. The largest absolute Gasteiger partial charge is 0.419 e. The van der Waals surface area contributed by atoms with Gasteiger partial charge < -0.3 is 10.2 Å². The minimum atomic E-state index is -4.74. The monoisotopic (exact) mass is 418 g/mol. The number of benzene rings is 2. The number of aromatic nitrogens is 2. The molecule has 5 nitrogen and oxygen atoms in total. The zero-order valence-corrected chi connectivity index (χ0v) is 15.8. The number of halogens is 4. The van der Waals surface area contributed by atoms with Crippen LogP contribution >= 0.6 is 0 Å². The van der Waals surface area contributed by atoms with E-state index in [-0.39, 0.29) is 18.0 Å². The van der Waals surface area contributed by atoms with Crippen molar-refractivity contribution in [1.82, 2.24) is 15.1 Å². The van der Waals surface area contributed by atoms with Crippen LogP contribution in [0.15, 0.2) is 48.8 Å². The molecule has 0 unspecified atom stereocenters. The SMILES string of the molecule is O=C(Cc1cn[nH]c1)N1CCc2c(cccc2Nc2ccc(C(F)(F)F)c(F)c2)C1. The summed E-state index contributed by atoms with van der Waals surface area (Å²) in [6, 6.07) is 8.26. The fraction of sp³-hybridized carbons (Fsp3) is 0.238. The van der Waals surface area contributed by atoms with Gasteiger partial charge in [0.15, 0.2) is 0 Å². The molecule has 0 fully saturated rings. The smallest absolute Gasteiger partial charge is 0.355 e. The first-order valence-corrected chi connectivity index (χ1v) is 9.31. The van der Waals surface area contributed by atoms with Crippen molar-refractivity contribution in [2.24, 2.45) is 0 Å². The number of hydrogen-bond acceptors (Lipinski definition) is 3. The second-order valence-electron chi connectivity index (χ2n) is 7.11. The number of nitrogens with zero attached hydrogens (tertiary/aromatic N) is 2. The van der Waals surface area contributed by atoms with Crippen molar-refractivity contribution in [2.75, 3.05) is 11.9 Å². The van der Waals surface area contributed by atoms with Gasteiger partial charge in [0.1, 0.15) is 5.82 Å². The minimum Gasteiger partial charge on any atom is -0.355 e. The number of carbonyl (C=O) groups is 1. The van der Waals surface area contributed by atoms with Gasteiger partial charge in [-0.25, -0.2) is 4.39 Å². The van der Waals surface area contributed by atoms with Crippen molar-refractivity contribution in [3.8, 4) is 0 Å². The Bertz CT molecular complexity index is 1060. The molecule has 3 aromatic rings. The second-order valence-corrected chi connectivity index (χ2v) is 7.11. The van der Waals surface area contributed by atoms with Crippen LogP contribution in [0.1, 0.15) is 22.3 Å². The highest BCUT2D eigenvalue weighted by Crippen LogP contribution is 2.34. The zero-order valence-electron chi connectivity index (χ0n) is 15.8. The molecule has 0 atom stereocenters. The fourth-order valence-electron chi connectivity index (χ4n) is 3.58. The molecule has 0 saturated heterocycles. The van der Waals surface area contributed by atoms with Gasteiger partial charge in [0.05, 0.1) is 18.2 Å². The molecule has 1 amide bonds. The number of rotatable bonds is 4. The first-order chi connectivity index (χ1) is 14.3. The molecular weight excluding hydrogens is 400 g/mol. The Labute approximate surface area is 169 Å². The number of amides is 1. The van der Waals surface area contributed by atoms with E-state index in [4.69, 9.17) is 0 Å². The molecule has 0 saturated carbocycles. The Morgan fingerprint density at radius 3 is 2.77 bits per heavy atom. The Morgan fingerprint density at radius 2 is 2.07 bits per heavy atom. The van der Waals surface area contributed by atoms with Gasteiger partial charge in [-0.3, -0.25) is 9.89 Å². The number of carbonyl (C=O) groups excluding carboxylic acids is 1. The lowest BCUT2D eigenvalue weighted by atomic mass is 9.97. The first kappa shape index (κ1) is 19.9. The molecule has 9 heteroatoms. The van der Waals surface area contributed by atoms with Gasteiger partial charge in [-0.1, -0.05) is 12.1 Å². The third-order valence-corrected chi connectivity index (χ3v) is 5.08. The van der Waals surface area contributed by atoms with E-state index >= 15 is 0 Å². The highest BCUT2D eigenvalue weighted by atomic mass is 19.4. The number of hydrogen-bond donors (Lipinski definition) is 2. The van der Waals surface area contributed by atoms with Crippen molar-refractivity contribution in [1.29, 1.82) is 0 Å². The maximum absolute atomic E-state index is 13.9. The average molecular weight is 418 g/mol. The van der Waals surface area contributed by atoms with Gasteiger partial charge in [0.25, 0.3) is 0 Å². The highest BCUT2D eigenvalue weighted by molar-refractivity contribution is 5.79. The van der Waals surface area contributed by atoms with Crippen LogP contribution in [0, 0.1) is 5.82 Å². The van der Waals surface area contributed by atoms with E-state index in [1.165, 1.54) is 6.07 Å². The summed E-state index contributed by atoms with van der Waals surface area (Å²) >= 11 is 0. The molecule has 4 rings (SSSR count). The summed E-state index contributed by atoms with van der Waals surface area (Å²) in [6.45, 7) is 0.951. The van der Waals surface area contributed by atoms with Gasteiger partial charge in [-0.2, -0.15) is 18.3 Å². The van der Waals surface area contributed by atoms with Gasteiger partial charge >= 0.3 is 6.18 Å². The van der Waals surface area contributed by atoms with Crippen LogP contribution in [0.2, 0.25) is 0 Å². The number of alkyl halides is 3. The number of anilines is 2. The van der Waals surface area contributed by atoms with Gasteiger partial charge in [-0.05, 0) is 47.4 Å². The van der Waals surface area contributed by atoms with Crippen molar-refractivity contribution in [3.05, 3.63) is 76.9 Å². The molecule has 1 aromatic heterocycles. The summed E-state index contributed by atoms with van der Waals surface area (Å²) in [5.41, 5.74) is 2.34. The van der Waals surface area contributed by atoms with Crippen molar-refractivity contribution < 1.29 is 22.4 Å². The number of fused-ring (bicyclic) bond motifs is 1. The molecule has 1 aliphatic rings. The minimum absolute atomic E-state index is 0.00905. The maximum Gasteiger partial charge on any atom is 0.419 e. The topological polar surface area (TPSA) is 61.0 Å². The molecule has 30 heavy (non-hydrogen) atoms. The summed E-state index contributed by atoms with van der Waals surface area (Å²) in [5, 5.41) is 9.53. The number of H-pyrrole nitrogens is 1. The molecule has 2 heterocycles. The van der Waals surface area contributed by atoms with E-state index in [0.717, 1.165) is 28.8 Å². The number of nitrogens with one attached hydrogen (secondary N) is 2. The van der Waals surface area contributed by atoms with E-state index in [9.17, 15) is 22.4 Å². The van der Waals surface area contributed by atoms with Gasteiger partial charge in [-0.15, -0.1) is 0 Å². The summed E-state index contributed by atoms with van der Waals surface area (Å²) < 4.78 is 52.1. The van der Waals surface area contributed by atoms with Crippen LogP contribution in [0.25, 0.3) is 0 Å². The maximum atomic E-state index is 13.9. The lowest BCUT2D eigenvalue weighted by molar-refractivity contribution is -0.140. The predicted molar refractivity (Wildman–Crippen MR) is 103 cm³/mol. The van der Waals surface area contributed by atoms with Crippen LogP contribution in [0.5, 0.6) is 0 Å². The molecule has 1 aliphatic heterocycles. The number of aromatic amines is 1. The second kappa shape index (κ2) is 7.81. The predicted octanol–water partition coefficient (Wildman–Crippen LogP) is 4.44. The summed E-state index contributed by atoms with van der Waals surface area (Å²) in [4.78, 5) is 14.3. The molecule has 0 radical (unpaired) electrons. The molecule has 156 valence electrons. The fourth-order valence-corrected chi connectivity index (χ4v) is 3.58. The van der Waals surface area contributed by atoms with E-state index in [1.54, 1.807) is 29.4 Å². The van der Waals surface area contributed by atoms with Crippen LogP contribution in [-0.2, 0) is 30.4 Å². The molecule has 0 aliphatic carbocycles. The van der Waals surface area contributed by atoms with Crippen molar-refractivity contribution >= 4 is 17.3 Å². The van der Waals surface area contributed by atoms with Crippen molar-refractivity contribution in [3.63, 3.8) is 0 Å². The first-order valence-electron chi connectivity index (χ1n) is 9.31. The van der Waals surface area contributed by atoms with E-state index in [2.05, 4.69) is 15.5 Å². The Kier molecular flexibility index (Phi) is 5.19. The lowest BCUT2D eigenvalue weighted by Gasteiger charge is -2.30. The van der Waals surface area contributed by atoms with E-state index in [0.29, 0.717) is 25.2 Å². The summed E-state index contributed by atoms with van der Waals surface area (Å²) in [6.07, 6.45) is -0.601.